The molecule has 0 unspecified atom stereocenters. The summed E-state index contributed by atoms with van der Waals surface area (Å²) in [5.41, 5.74) is 1.35. The Bertz CT molecular complexity index is 737. The van der Waals surface area contributed by atoms with Crippen molar-refractivity contribution in [3.05, 3.63) is 35.9 Å². The minimum absolute atomic E-state index is 0.0534. The Morgan fingerprint density at radius 1 is 1.07 bits per heavy atom. The fraction of sp³-hybridized carbons (Fsp3) is 0.591. The van der Waals surface area contributed by atoms with Crippen LogP contribution < -0.4 is 0 Å². The number of carbonyl (C=O) groups excluding carboxylic acids is 2. The van der Waals surface area contributed by atoms with Gasteiger partial charge in [0, 0.05) is 18.8 Å². The van der Waals surface area contributed by atoms with Crippen molar-refractivity contribution in [3.63, 3.8) is 0 Å². The third-order valence-electron chi connectivity index (χ3n) is 6.04. The number of benzene rings is 1. The fourth-order valence-electron chi connectivity index (χ4n) is 4.63. The zero-order chi connectivity index (χ0) is 19.3. The van der Waals surface area contributed by atoms with Crippen LogP contribution in [0.5, 0.6) is 0 Å². The number of hydrogen-bond acceptors (Lipinski definition) is 5. The number of carbonyl (C=O) groups is 2. The van der Waals surface area contributed by atoms with E-state index in [0.717, 1.165) is 63.9 Å². The normalized spacial score (nSPS) is 25.3. The van der Waals surface area contributed by atoms with Crippen LogP contribution in [0.1, 0.15) is 37.7 Å². The van der Waals surface area contributed by atoms with Gasteiger partial charge in [0.25, 0.3) is 0 Å². The first kappa shape index (κ1) is 19.6. The van der Waals surface area contributed by atoms with Crippen LogP contribution >= 0.6 is 11.8 Å². The molecule has 5 nitrogen and oxygen atoms in total. The highest BCUT2D eigenvalue weighted by Crippen LogP contribution is 2.27. The predicted octanol–water partition coefficient (Wildman–Crippen LogP) is 2.79. The van der Waals surface area contributed by atoms with Crippen LogP contribution in [0.2, 0.25) is 0 Å². The molecular formula is C22H29N3O2S. The van der Waals surface area contributed by atoms with E-state index in [1.807, 2.05) is 11.0 Å². The van der Waals surface area contributed by atoms with Crippen molar-refractivity contribution in [2.45, 2.75) is 50.6 Å². The summed E-state index contributed by atoms with van der Waals surface area (Å²) < 4.78 is 0. The average molecular weight is 400 g/mol. The van der Waals surface area contributed by atoms with E-state index in [1.54, 1.807) is 11.8 Å². The zero-order valence-electron chi connectivity index (χ0n) is 16.4. The van der Waals surface area contributed by atoms with Crippen LogP contribution in [-0.4, -0.2) is 70.5 Å². The van der Waals surface area contributed by atoms with Crippen molar-refractivity contribution in [2.24, 2.45) is 4.99 Å². The first-order valence-electron chi connectivity index (χ1n) is 10.5. The highest BCUT2D eigenvalue weighted by atomic mass is 32.2. The first-order valence-corrected chi connectivity index (χ1v) is 11.5. The van der Waals surface area contributed by atoms with Gasteiger partial charge < -0.3 is 4.90 Å². The number of aryl methyl sites for hydroxylation is 1. The topological polar surface area (TPSA) is 53.0 Å². The monoisotopic (exact) mass is 399 g/mol. The molecule has 28 heavy (non-hydrogen) atoms. The second kappa shape index (κ2) is 9.23. The molecule has 0 N–H and O–H groups in total. The Morgan fingerprint density at radius 2 is 1.86 bits per heavy atom. The molecule has 0 spiro atoms. The van der Waals surface area contributed by atoms with Gasteiger partial charge >= 0.3 is 0 Å². The van der Waals surface area contributed by atoms with Crippen molar-refractivity contribution in [2.75, 3.05) is 31.9 Å². The molecule has 1 aromatic rings. The number of nitrogens with zero attached hydrogens (tertiary/aromatic N) is 3. The molecule has 6 heteroatoms. The van der Waals surface area contributed by atoms with Gasteiger partial charge in [-0.1, -0.05) is 30.3 Å². The number of likely N-dealkylation sites (tertiary alicyclic amines) is 2. The van der Waals surface area contributed by atoms with Crippen LogP contribution in [0.25, 0.3) is 0 Å². The van der Waals surface area contributed by atoms with Gasteiger partial charge in [0.05, 0.1) is 12.1 Å². The summed E-state index contributed by atoms with van der Waals surface area (Å²) in [6.07, 6.45) is 5.78. The molecule has 2 fully saturated rings. The fourth-order valence-corrected chi connectivity index (χ4v) is 5.46. The molecule has 2 atom stereocenters. The summed E-state index contributed by atoms with van der Waals surface area (Å²) in [5.74, 6) is 1.12. The summed E-state index contributed by atoms with van der Waals surface area (Å²) in [5, 5.41) is 0.635. The standard InChI is InChI=1S/C22H29N3O2S/c26-20(21-23-12-16-28-21)18-10-6-15-25(18)22(27)19-11-5-14-24(19)13-4-9-17-7-2-1-3-8-17/h1-3,7-8,18-19H,4-6,9-16H2/t18-,19-/m0/s1. The number of rotatable bonds is 7. The third kappa shape index (κ3) is 4.33. The summed E-state index contributed by atoms with van der Waals surface area (Å²) >= 11 is 1.54. The Hall–Kier alpha value is -1.66. The smallest absolute Gasteiger partial charge is 0.240 e. The molecule has 0 saturated carbocycles. The summed E-state index contributed by atoms with van der Waals surface area (Å²) in [6, 6.07) is 10.2. The van der Waals surface area contributed by atoms with Crippen molar-refractivity contribution >= 4 is 28.5 Å². The second-order valence-electron chi connectivity index (χ2n) is 7.87. The van der Waals surface area contributed by atoms with Crippen molar-refractivity contribution in [1.82, 2.24) is 9.80 Å². The number of Topliss-reactive ketones (excluding diaryl/α,β-unsaturated/α-hetero) is 1. The number of ketones is 1. The van der Waals surface area contributed by atoms with Gasteiger partial charge in [0.15, 0.2) is 0 Å². The molecule has 1 aromatic carbocycles. The van der Waals surface area contributed by atoms with Crippen LogP contribution in [0.3, 0.4) is 0 Å². The maximum absolute atomic E-state index is 13.3. The highest BCUT2D eigenvalue weighted by molar-refractivity contribution is 8.16. The van der Waals surface area contributed by atoms with Crippen LogP contribution in [0.4, 0.5) is 0 Å². The molecule has 150 valence electrons. The SMILES string of the molecule is O=C(C1=NCCS1)[C@@H]1CCCN1C(=O)[C@@H]1CCCN1CCCc1ccccc1. The maximum atomic E-state index is 13.3. The lowest BCUT2D eigenvalue weighted by Crippen LogP contribution is -2.50. The van der Waals surface area contributed by atoms with Crippen molar-refractivity contribution in [1.29, 1.82) is 0 Å². The Morgan fingerprint density at radius 3 is 2.64 bits per heavy atom. The van der Waals surface area contributed by atoms with E-state index >= 15 is 0 Å². The van der Waals surface area contributed by atoms with Gasteiger partial charge in [-0.25, -0.2) is 0 Å². The van der Waals surface area contributed by atoms with E-state index in [2.05, 4.69) is 34.2 Å². The van der Waals surface area contributed by atoms with Crippen LogP contribution in [0.15, 0.2) is 35.3 Å². The maximum Gasteiger partial charge on any atom is 0.240 e. The third-order valence-corrected chi connectivity index (χ3v) is 7.03. The molecule has 3 aliphatic rings. The minimum atomic E-state index is -0.288. The summed E-state index contributed by atoms with van der Waals surface area (Å²) in [4.78, 5) is 34.7. The van der Waals surface area contributed by atoms with E-state index in [0.29, 0.717) is 11.6 Å². The van der Waals surface area contributed by atoms with Crippen LogP contribution in [-0.2, 0) is 16.0 Å². The molecular weight excluding hydrogens is 370 g/mol. The van der Waals surface area contributed by atoms with Gasteiger partial charge in [-0.05, 0) is 57.2 Å². The molecule has 1 amide bonds. The van der Waals surface area contributed by atoms with Gasteiger partial charge in [0.1, 0.15) is 5.04 Å². The number of thioether (sulfide) groups is 1. The molecule has 0 bridgehead atoms. The van der Waals surface area contributed by atoms with Gasteiger partial charge in [-0.3, -0.25) is 19.5 Å². The molecule has 0 aromatic heterocycles. The van der Waals surface area contributed by atoms with Gasteiger partial charge in [0.2, 0.25) is 11.7 Å². The van der Waals surface area contributed by atoms with E-state index in [-0.39, 0.29) is 23.8 Å². The summed E-state index contributed by atoms with van der Waals surface area (Å²) in [6.45, 7) is 3.37. The molecule has 3 heterocycles. The van der Waals surface area contributed by atoms with E-state index in [9.17, 15) is 9.59 Å². The molecule has 0 radical (unpaired) electrons. The lowest BCUT2D eigenvalue weighted by molar-refractivity contribution is -0.139. The Labute approximate surface area is 171 Å². The van der Waals surface area contributed by atoms with E-state index < -0.39 is 0 Å². The number of amides is 1. The largest absolute Gasteiger partial charge is 0.331 e. The highest BCUT2D eigenvalue weighted by Gasteiger charge is 2.41. The predicted molar refractivity (Wildman–Crippen MR) is 114 cm³/mol. The van der Waals surface area contributed by atoms with E-state index in [1.165, 1.54) is 5.56 Å². The lowest BCUT2D eigenvalue weighted by Gasteiger charge is -2.31. The molecule has 4 rings (SSSR count). The Balaban J connectivity index is 1.35. The van der Waals surface area contributed by atoms with Crippen LogP contribution in [0, 0.1) is 0 Å². The van der Waals surface area contributed by atoms with Crippen molar-refractivity contribution < 1.29 is 9.59 Å². The lowest BCUT2D eigenvalue weighted by atomic mass is 10.1. The van der Waals surface area contributed by atoms with Gasteiger partial charge in [-0.2, -0.15) is 0 Å². The molecule has 0 aliphatic carbocycles. The number of hydrogen-bond donors (Lipinski definition) is 0. The molecule has 2 saturated heterocycles. The van der Waals surface area contributed by atoms with Crippen molar-refractivity contribution in [3.8, 4) is 0 Å². The van der Waals surface area contributed by atoms with E-state index in [4.69, 9.17) is 0 Å². The Kier molecular flexibility index (Phi) is 6.47. The van der Waals surface area contributed by atoms with Gasteiger partial charge in [-0.15, -0.1) is 11.8 Å². The zero-order valence-corrected chi connectivity index (χ0v) is 17.2. The minimum Gasteiger partial charge on any atom is -0.331 e. The second-order valence-corrected chi connectivity index (χ2v) is 8.96. The first-order chi connectivity index (χ1) is 13.7. The summed E-state index contributed by atoms with van der Waals surface area (Å²) in [7, 11) is 0. The number of aliphatic imine (C=N–C) groups is 1. The molecule has 3 aliphatic heterocycles. The quantitative estimate of drug-likeness (QED) is 0.708. The average Bonchev–Trinajstić information content (AvgIpc) is 3.49.